The number of ether oxygens (including phenoxy) is 1. The second kappa shape index (κ2) is 8.80. The fraction of sp³-hybridized carbons (Fsp3) is 0.407. The Morgan fingerprint density at radius 1 is 1.12 bits per heavy atom. The van der Waals surface area contributed by atoms with Crippen LogP contribution in [-0.4, -0.2) is 59.9 Å². The van der Waals surface area contributed by atoms with Crippen LogP contribution >= 0.6 is 0 Å². The molecule has 178 valence electrons. The minimum absolute atomic E-state index is 0.0564. The standard InChI is InChI=1S/C27H33N5O2/c1-17-6-7-22(32-16-23-11-24(32)15-30(23)3)12-26(17)27(33)29-18(2)19-8-20(10-25(9-19)34-5)21-13-28-31(4)14-21/h6-10,12-14,18,23-24H,11,15-16H2,1-5H3,(H,29,33)/t18-,23-,24-/m1/s1. The van der Waals surface area contributed by atoms with Gasteiger partial charge in [-0.05, 0) is 74.3 Å². The molecule has 2 saturated heterocycles. The van der Waals surface area contributed by atoms with E-state index in [2.05, 4.69) is 51.5 Å². The highest BCUT2D eigenvalue weighted by molar-refractivity contribution is 5.97. The lowest BCUT2D eigenvalue weighted by Crippen LogP contribution is -2.44. The van der Waals surface area contributed by atoms with Crippen molar-refractivity contribution in [3.05, 3.63) is 65.5 Å². The molecule has 0 saturated carbocycles. The number of fused-ring (bicyclic) bond motifs is 2. The van der Waals surface area contributed by atoms with E-state index in [4.69, 9.17) is 4.74 Å². The third-order valence-corrected chi connectivity index (χ3v) is 7.36. The van der Waals surface area contributed by atoms with E-state index in [-0.39, 0.29) is 11.9 Å². The molecule has 0 radical (unpaired) electrons. The first-order chi connectivity index (χ1) is 16.3. The predicted octanol–water partition coefficient (Wildman–Crippen LogP) is 3.79. The van der Waals surface area contributed by atoms with E-state index < -0.39 is 0 Å². The van der Waals surface area contributed by atoms with Crippen LogP contribution in [0.3, 0.4) is 0 Å². The number of rotatable bonds is 6. The molecule has 1 amide bonds. The van der Waals surface area contributed by atoms with Gasteiger partial charge in [-0.3, -0.25) is 14.4 Å². The van der Waals surface area contributed by atoms with Crippen molar-refractivity contribution < 1.29 is 9.53 Å². The van der Waals surface area contributed by atoms with E-state index in [9.17, 15) is 4.79 Å². The van der Waals surface area contributed by atoms with Gasteiger partial charge in [-0.15, -0.1) is 0 Å². The van der Waals surface area contributed by atoms with Crippen LogP contribution in [0.1, 0.15) is 40.9 Å². The van der Waals surface area contributed by atoms with Crippen molar-refractivity contribution in [3.63, 3.8) is 0 Å². The topological polar surface area (TPSA) is 62.6 Å². The fourth-order valence-electron chi connectivity index (χ4n) is 5.30. The molecule has 7 heteroatoms. The summed E-state index contributed by atoms with van der Waals surface area (Å²) in [5, 5.41) is 7.48. The zero-order chi connectivity index (χ0) is 24.0. The first-order valence-electron chi connectivity index (χ1n) is 11.9. The number of carbonyl (C=O) groups excluding carboxylic acids is 1. The molecule has 2 aliphatic heterocycles. The number of aryl methyl sites for hydroxylation is 2. The van der Waals surface area contributed by atoms with Gasteiger partial charge in [-0.2, -0.15) is 5.10 Å². The van der Waals surface area contributed by atoms with Crippen molar-refractivity contribution in [2.45, 2.75) is 38.4 Å². The fourth-order valence-corrected chi connectivity index (χ4v) is 5.30. The minimum Gasteiger partial charge on any atom is -0.497 e. The first-order valence-corrected chi connectivity index (χ1v) is 11.9. The monoisotopic (exact) mass is 459 g/mol. The summed E-state index contributed by atoms with van der Waals surface area (Å²) in [6.07, 6.45) is 5.01. The molecule has 3 atom stereocenters. The molecule has 1 aromatic heterocycles. The average Bonchev–Trinajstić information content (AvgIpc) is 3.54. The minimum atomic E-state index is -0.183. The highest BCUT2D eigenvalue weighted by atomic mass is 16.5. The van der Waals surface area contributed by atoms with E-state index in [1.54, 1.807) is 11.8 Å². The maximum atomic E-state index is 13.4. The molecule has 2 aromatic carbocycles. The third-order valence-electron chi connectivity index (χ3n) is 7.36. The lowest BCUT2D eigenvalue weighted by Gasteiger charge is -2.34. The molecular weight excluding hydrogens is 426 g/mol. The Morgan fingerprint density at radius 3 is 2.59 bits per heavy atom. The lowest BCUT2D eigenvalue weighted by molar-refractivity contribution is 0.0939. The van der Waals surface area contributed by atoms with Crippen LogP contribution < -0.4 is 15.0 Å². The van der Waals surface area contributed by atoms with Crippen LogP contribution in [-0.2, 0) is 7.05 Å². The number of methoxy groups -OCH3 is 1. The molecule has 2 aliphatic rings. The molecule has 0 aliphatic carbocycles. The zero-order valence-electron chi connectivity index (χ0n) is 20.6. The average molecular weight is 460 g/mol. The number of nitrogens with zero attached hydrogens (tertiary/aromatic N) is 4. The summed E-state index contributed by atoms with van der Waals surface area (Å²) in [6, 6.07) is 13.3. The molecule has 1 N–H and O–H groups in total. The van der Waals surface area contributed by atoms with E-state index in [1.165, 1.54) is 6.42 Å². The number of amides is 1. The molecule has 2 bridgehead atoms. The van der Waals surface area contributed by atoms with E-state index >= 15 is 0 Å². The molecule has 34 heavy (non-hydrogen) atoms. The number of carbonyl (C=O) groups is 1. The summed E-state index contributed by atoms with van der Waals surface area (Å²) in [5.41, 5.74) is 5.86. The molecule has 0 spiro atoms. The van der Waals surface area contributed by atoms with Crippen LogP contribution in [0, 0.1) is 6.92 Å². The lowest BCUT2D eigenvalue weighted by atomic mass is 10.0. The van der Waals surface area contributed by atoms with Gasteiger partial charge in [-0.25, -0.2) is 0 Å². The second-order valence-electron chi connectivity index (χ2n) is 9.73. The number of anilines is 1. The van der Waals surface area contributed by atoms with Gasteiger partial charge in [-0.1, -0.05) is 6.07 Å². The Labute approximate surface area is 201 Å². The third kappa shape index (κ3) is 4.16. The van der Waals surface area contributed by atoms with Crippen molar-refractivity contribution in [2.24, 2.45) is 7.05 Å². The smallest absolute Gasteiger partial charge is 0.252 e. The van der Waals surface area contributed by atoms with Gasteiger partial charge >= 0.3 is 0 Å². The zero-order valence-corrected chi connectivity index (χ0v) is 20.6. The summed E-state index contributed by atoms with van der Waals surface area (Å²) in [5.74, 6) is 0.698. The first kappa shape index (κ1) is 22.5. The second-order valence-corrected chi connectivity index (χ2v) is 9.73. The van der Waals surface area contributed by atoms with Gasteiger partial charge in [0.25, 0.3) is 5.91 Å². The number of likely N-dealkylation sites (N-methyl/N-ethyl adjacent to an activating group) is 1. The molecule has 3 aromatic rings. The quantitative estimate of drug-likeness (QED) is 0.608. The van der Waals surface area contributed by atoms with Gasteiger partial charge in [0.15, 0.2) is 0 Å². The highest BCUT2D eigenvalue weighted by Crippen LogP contribution is 2.34. The number of nitrogens with one attached hydrogen (secondary N) is 1. The molecule has 0 unspecified atom stereocenters. The molecule has 3 heterocycles. The van der Waals surface area contributed by atoms with Crippen LogP contribution in [0.5, 0.6) is 5.75 Å². The highest BCUT2D eigenvalue weighted by Gasteiger charge is 2.41. The number of benzene rings is 2. The van der Waals surface area contributed by atoms with Crippen LogP contribution in [0.2, 0.25) is 0 Å². The number of hydrogen-bond donors (Lipinski definition) is 1. The number of likely N-dealkylation sites (tertiary alicyclic amines) is 1. The van der Waals surface area contributed by atoms with Gasteiger partial charge in [0.05, 0.1) is 19.3 Å². The van der Waals surface area contributed by atoms with Crippen molar-refractivity contribution in [2.75, 3.05) is 32.1 Å². The largest absolute Gasteiger partial charge is 0.497 e. The van der Waals surface area contributed by atoms with Gasteiger partial charge < -0.3 is 15.0 Å². The van der Waals surface area contributed by atoms with Crippen LogP contribution in [0.25, 0.3) is 11.1 Å². The van der Waals surface area contributed by atoms with Crippen LogP contribution in [0.15, 0.2) is 48.8 Å². The van der Waals surface area contributed by atoms with Gasteiger partial charge in [0.2, 0.25) is 0 Å². The maximum Gasteiger partial charge on any atom is 0.252 e. The van der Waals surface area contributed by atoms with Gasteiger partial charge in [0, 0.05) is 55.2 Å². The van der Waals surface area contributed by atoms with Crippen molar-refractivity contribution in [1.82, 2.24) is 20.0 Å². The SMILES string of the molecule is COc1cc(-c2cnn(C)c2)cc([C@@H](C)NC(=O)c2cc(N3C[C@H]4C[C@@H]3CN4C)ccc2C)c1. The summed E-state index contributed by atoms with van der Waals surface area (Å²) in [7, 11) is 5.76. The number of aromatic nitrogens is 2. The van der Waals surface area contributed by atoms with Crippen molar-refractivity contribution >= 4 is 11.6 Å². The Kier molecular flexibility index (Phi) is 5.81. The number of piperazine rings is 1. The summed E-state index contributed by atoms with van der Waals surface area (Å²) >= 11 is 0. The predicted molar refractivity (Wildman–Crippen MR) is 134 cm³/mol. The Hall–Kier alpha value is -3.32. The summed E-state index contributed by atoms with van der Waals surface area (Å²) < 4.78 is 7.32. The molecule has 5 rings (SSSR count). The van der Waals surface area contributed by atoms with E-state index in [1.807, 2.05) is 45.4 Å². The molecule has 7 nitrogen and oxygen atoms in total. The molecular formula is C27H33N5O2. The Balaban J connectivity index is 1.36. The van der Waals surface area contributed by atoms with Crippen LogP contribution in [0.4, 0.5) is 5.69 Å². The summed E-state index contributed by atoms with van der Waals surface area (Å²) in [6.45, 7) is 6.13. The summed E-state index contributed by atoms with van der Waals surface area (Å²) in [4.78, 5) is 18.3. The number of hydrogen-bond acceptors (Lipinski definition) is 5. The van der Waals surface area contributed by atoms with Gasteiger partial charge in [0.1, 0.15) is 5.75 Å². The molecule has 2 fully saturated rings. The Morgan fingerprint density at radius 2 is 1.94 bits per heavy atom. The van der Waals surface area contributed by atoms with Crippen molar-refractivity contribution in [3.8, 4) is 16.9 Å². The normalized spacial score (nSPS) is 20.6. The van der Waals surface area contributed by atoms with E-state index in [0.717, 1.165) is 52.3 Å². The maximum absolute atomic E-state index is 13.4. The Bertz CT molecular complexity index is 1220. The van der Waals surface area contributed by atoms with Crippen molar-refractivity contribution in [1.29, 1.82) is 0 Å². The van der Waals surface area contributed by atoms with E-state index in [0.29, 0.717) is 12.1 Å².